The second kappa shape index (κ2) is 5.07. The number of nitrogen functional groups attached to an aromatic ring is 1. The highest BCUT2D eigenvalue weighted by Gasteiger charge is 2.54. The first-order valence-corrected chi connectivity index (χ1v) is 7.90. The molecule has 1 aliphatic heterocycles. The van der Waals surface area contributed by atoms with E-state index < -0.39 is 5.60 Å². The summed E-state index contributed by atoms with van der Waals surface area (Å²) in [5.74, 6) is 0. The standard InChI is InChI=1S/C17H25N3O2/c1-16(2,3)22-15(21)20-11-10-19(12-17(20)8-9-17)14-6-4-13(18)5-7-14/h4-7H,8-12,18H2,1-3H3. The molecule has 1 aromatic carbocycles. The van der Waals surface area contributed by atoms with Crippen LogP contribution in [0.5, 0.6) is 0 Å². The average Bonchev–Trinajstić information content (AvgIpc) is 3.17. The first-order chi connectivity index (χ1) is 10.3. The van der Waals surface area contributed by atoms with Crippen molar-refractivity contribution in [3.8, 4) is 0 Å². The molecule has 1 amide bonds. The Labute approximate surface area is 132 Å². The number of anilines is 2. The summed E-state index contributed by atoms with van der Waals surface area (Å²) in [5.41, 5.74) is 7.22. The molecule has 22 heavy (non-hydrogen) atoms. The smallest absolute Gasteiger partial charge is 0.410 e. The summed E-state index contributed by atoms with van der Waals surface area (Å²) in [6.45, 7) is 8.14. The number of hydrogen-bond donors (Lipinski definition) is 1. The Morgan fingerprint density at radius 1 is 1.18 bits per heavy atom. The zero-order chi connectivity index (χ0) is 16.0. The van der Waals surface area contributed by atoms with Gasteiger partial charge in [-0.05, 0) is 57.9 Å². The van der Waals surface area contributed by atoms with Gasteiger partial charge in [-0.1, -0.05) is 0 Å². The lowest BCUT2D eigenvalue weighted by Gasteiger charge is -2.43. The van der Waals surface area contributed by atoms with Gasteiger partial charge < -0.3 is 15.4 Å². The number of benzene rings is 1. The molecule has 1 saturated carbocycles. The zero-order valence-corrected chi connectivity index (χ0v) is 13.6. The van der Waals surface area contributed by atoms with Crippen LogP contribution in [-0.2, 0) is 4.74 Å². The van der Waals surface area contributed by atoms with Gasteiger partial charge in [-0.2, -0.15) is 0 Å². The third kappa shape index (κ3) is 2.98. The molecule has 1 aliphatic carbocycles. The average molecular weight is 303 g/mol. The second-order valence-corrected chi connectivity index (χ2v) is 7.37. The van der Waals surface area contributed by atoms with Gasteiger partial charge in [0.1, 0.15) is 5.60 Å². The first-order valence-electron chi connectivity index (χ1n) is 7.90. The summed E-state index contributed by atoms with van der Waals surface area (Å²) in [7, 11) is 0. The number of piperazine rings is 1. The Kier molecular flexibility index (Phi) is 3.46. The van der Waals surface area contributed by atoms with Crippen LogP contribution in [-0.4, -0.2) is 41.8 Å². The molecule has 1 heterocycles. The van der Waals surface area contributed by atoms with Crippen LogP contribution in [0.15, 0.2) is 24.3 Å². The minimum absolute atomic E-state index is 0.0397. The third-order valence-corrected chi connectivity index (χ3v) is 4.35. The zero-order valence-electron chi connectivity index (χ0n) is 13.6. The Morgan fingerprint density at radius 3 is 2.36 bits per heavy atom. The van der Waals surface area contributed by atoms with Crippen molar-refractivity contribution in [2.45, 2.75) is 44.8 Å². The van der Waals surface area contributed by atoms with E-state index >= 15 is 0 Å². The van der Waals surface area contributed by atoms with E-state index in [1.54, 1.807) is 0 Å². The highest BCUT2D eigenvalue weighted by molar-refractivity contribution is 5.71. The van der Waals surface area contributed by atoms with Gasteiger partial charge in [0.2, 0.25) is 0 Å². The van der Waals surface area contributed by atoms with Gasteiger partial charge in [-0.15, -0.1) is 0 Å². The van der Waals surface area contributed by atoms with Gasteiger partial charge in [0.25, 0.3) is 0 Å². The van der Waals surface area contributed by atoms with E-state index in [-0.39, 0.29) is 11.6 Å². The Bertz CT molecular complexity index is 558. The lowest BCUT2D eigenvalue weighted by Crippen LogP contribution is -2.58. The molecule has 1 aromatic rings. The van der Waals surface area contributed by atoms with Crippen molar-refractivity contribution >= 4 is 17.5 Å². The van der Waals surface area contributed by atoms with Crippen LogP contribution in [0.3, 0.4) is 0 Å². The minimum Gasteiger partial charge on any atom is -0.444 e. The molecule has 1 saturated heterocycles. The van der Waals surface area contributed by atoms with Gasteiger partial charge >= 0.3 is 6.09 Å². The van der Waals surface area contributed by atoms with Gasteiger partial charge in [-0.25, -0.2) is 4.79 Å². The molecule has 2 aliphatic rings. The third-order valence-electron chi connectivity index (χ3n) is 4.35. The molecule has 0 atom stereocenters. The summed E-state index contributed by atoms with van der Waals surface area (Å²) in [4.78, 5) is 16.7. The molecule has 1 spiro atoms. The second-order valence-electron chi connectivity index (χ2n) is 7.37. The van der Waals surface area contributed by atoms with Crippen LogP contribution in [0, 0.1) is 0 Å². The minimum atomic E-state index is -0.443. The maximum atomic E-state index is 12.4. The molecule has 5 nitrogen and oxygen atoms in total. The molecule has 2 fully saturated rings. The van der Waals surface area contributed by atoms with E-state index in [0.29, 0.717) is 6.54 Å². The molecule has 0 aromatic heterocycles. The van der Waals surface area contributed by atoms with E-state index in [0.717, 1.165) is 31.6 Å². The Balaban J connectivity index is 1.70. The number of hydrogen-bond acceptors (Lipinski definition) is 4. The fourth-order valence-electron chi connectivity index (χ4n) is 3.06. The first kappa shape index (κ1) is 15.0. The monoisotopic (exact) mass is 303 g/mol. The van der Waals surface area contributed by atoms with Gasteiger partial charge in [0.15, 0.2) is 0 Å². The Hall–Kier alpha value is -1.91. The molecular formula is C17H25N3O2. The molecule has 5 heteroatoms. The van der Waals surface area contributed by atoms with Crippen LogP contribution in [0.25, 0.3) is 0 Å². The molecule has 0 bridgehead atoms. The predicted molar refractivity (Wildman–Crippen MR) is 88.0 cm³/mol. The summed E-state index contributed by atoms with van der Waals surface area (Å²) in [6.07, 6.45) is 1.93. The van der Waals surface area contributed by atoms with Crippen molar-refractivity contribution in [3.63, 3.8) is 0 Å². The van der Waals surface area contributed by atoms with Crippen LogP contribution in [0.2, 0.25) is 0 Å². The molecule has 2 N–H and O–H groups in total. The highest BCUT2D eigenvalue weighted by atomic mass is 16.6. The van der Waals surface area contributed by atoms with Crippen molar-refractivity contribution in [3.05, 3.63) is 24.3 Å². The number of carbonyl (C=O) groups excluding carboxylic acids is 1. The number of nitrogens with zero attached hydrogens (tertiary/aromatic N) is 2. The maximum absolute atomic E-state index is 12.4. The lowest BCUT2D eigenvalue weighted by atomic mass is 10.1. The molecule has 0 unspecified atom stereocenters. The van der Waals surface area contributed by atoms with E-state index in [9.17, 15) is 4.79 Å². The van der Waals surface area contributed by atoms with Crippen molar-refractivity contribution in [1.29, 1.82) is 0 Å². The van der Waals surface area contributed by atoms with E-state index in [4.69, 9.17) is 10.5 Å². The van der Waals surface area contributed by atoms with Gasteiger partial charge in [-0.3, -0.25) is 4.90 Å². The largest absolute Gasteiger partial charge is 0.444 e. The molecule has 0 radical (unpaired) electrons. The predicted octanol–water partition coefficient (Wildman–Crippen LogP) is 2.86. The number of amides is 1. The summed E-state index contributed by atoms with van der Waals surface area (Å²) >= 11 is 0. The van der Waals surface area contributed by atoms with Crippen molar-refractivity contribution < 1.29 is 9.53 Å². The van der Waals surface area contributed by atoms with Crippen molar-refractivity contribution in [1.82, 2.24) is 4.90 Å². The quantitative estimate of drug-likeness (QED) is 0.811. The lowest BCUT2D eigenvalue weighted by molar-refractivity contribution is 0.0106. The van der Waals surface area contributed by atoms with Crippen LogP contribution >= 0.6 is 0 Å². The normalized spacial score (nSPS) is 20.1. The summed E-state index contributed by atoms with van der Waals surface area (Å²) in [6, 6.07) is 7.95. The van der Waals surface area contributed by atoms with E-state index in [2.05, 4.69) is 17.0 Å². The van der Waals surface area contributed by atoms with Gasteiger partial charge in [0.05, 0.1) is 5.54 Å². The van der Waals surface area contributed by atoms with Gasteiger partial charge in [0, 0.05) is 31.0 Å². The van der Waals surface area contributed by atoms with Crippen molar-refractivity contribution in [2.24, 2.45) is 0 Å². The number of ether oxygens (including phenoxy) is 1. The molecule has 3 rings (SSSR count). The topological polar surface area (TPSA) is 58.8 Å². The fraction of sp³-hybridized carbons (Fsp3) is 0.588. The number of rotatable bonds is 1. The molecule has 120 valence electrons. The van der Waals surface area contributed by atoms with Crippen LogP contribution in [0.4, 0.5) is 16.2 Å². The van der Waals surface area contributed by atoms with Crippen molar-refractivity contribution in [2.75, 3.05) is 30.3 Å². The van der Waals surface area contributed by atoms with Crippen LogP contribution < -0.4 is 10.6 Å². The van der Waals surface area contributed by atoms with Crippen LogP contribution in [0.1, 0.15) is 33.6 Å². The SMILES string of the molecule is CC(C)(C)OC(=O)N1CCN(c2ccc(N)cc2)CC12CC2. The van der Waals surface area contributed by atoms with E-state index in [1.807, 2.05) is 37.8 Å². The molecular weight excluding hydrogens is 278 g/mol. The number of nitrogens with two attached hydrogens (primary N) is 1. The number of carbonyl (C=O) groups is 1. The fourth-order valence-corrected chi connectivity index (χ4v) is 3.06. The summed E-state index contributed by atoms with van der Waals surface area (Å²) < 4.78 is 5.56. The maximum Gasteiger partial charge on any atom is 0.410 e. The summed E-state index contributed by atoms with van der Waals surface area (Å²) in [5, 5.41) is 0. The Morgan fingerprint density at radius 2 is 1.82 bits per heavy atom. The van der Waals surface area contributed by atoms with E-state index in [1.165, 1.54) is 5.69 Å². The highest BCUT2D eigenvalue weighted by Crippen LogP contribution is 2.45.